The maximum atomic E-state index is 5.77. The van der Waals surface area contributed by atoms with Crippen LogP contribution in [0, 0.1) is 0 Å². The van der Waals surface area contributed by atoms with Crippen LogP contribution in [0.1, 0.15) is 0 Å². The average Bonchev–Trinajstić information content (AvgIpc) is 2.90. The van der Waals surface area contributed by atoms with Crippen LogP contribution in [0.2, 0.25) is 0 Å². The molecule has 0 aliphatic carbocycles. The van der Waals surface area contributed by atoms with Crippen molar-refractivity contribution >= 4 is 11.3 Å². The van der Waals surface area contributed by atoms with Crippen molar-refractivity contribution in [1.29, 1.82) is 0 Å². The Hall–Kier alpha value is -2.63. The van der Waals surface area contributed by atoms with Crippen LogP contribution in [0.15, 0.2) is 36.8 Å². The van der Waals surface area contributed by atoms with E-state index in [1.165, 1.54) is 0 Å². The molecule has 0 unspecified atom stereocenters. The van der Waals surface area contributed by atoms with Gasteiger partial charge in [0, 0.05) is 18.9 Å². The van der Waals surface area contributed by atoms with E-state index in [1.807, 2.05) is 28.8 Å². The SMILES string of the molecule is c1cc2c(c(-c3nnc4cnccn34)c1)OCCN2. The standard InChI is InChI=1S/C13H11N5O/c1-2-9(12-10(3-1)15-5-7-19-12)13-17-16-11-8-14-4-6-18(11)13/h1-4,6,8,15H,5,7H2. The molecule has 0 radical (unpaired) electrons. The molecule has 94 valence electrons. The quantitative estimate of drug-likeness (QED) is 0.713. The molecule has 0 spiro atoms. The lowest BCUT2D eigenvalue weighted by molar-refractivity contribution is 0.324. The number of nitrogens with one attached hydrogen (secondary N) is 1. The molecule has 1 N–H and O–H groups in total. The monoisotopic (exact) mass is 253 g/mol. The normalized spacial score (nSPS) is 13.7. The summed E-state index contributed by atoms with van der Waals surface area (Å²) in [5.41, 5.74) is 2.65. The summed E-state index contributed by atoms with van der Waals surface area (Å²) < 4.78 is 7.67. The van der Waals surface area contributed by atoms with Gasteiger partial charge in [-0.05, 0) is 12.1 Å². The van der Waals surface area contributed by atoms with E-state index < -0.39 is 0 Å². The summed E-state index contributed by atoms with van der Waals surface area (Å²) in [7, 11) is 0. The van der Waals surface area contributed by atoms with Gasteiger partial charge >= 0.3 is 0 Å². The van der Waals surface area contributed by atoms with Crippen molar-refractivity contribution in [3.05, 3.63) is 36.8 Å². The van der Waals surface area contributed by atoms with Crippen LogP contribution in [0.4, 0.5) is 5.69 Å². The van der Waals surface area contributed by atoms with Gasteiger partial charge in [0.1, 0.15) is 6.61 Å². The van der Waals surface area contributed by atoms with Gasteiger partial charge in [-0.2, -0.15) is 0 Å². The number of fused-ring (bicyclic) bond motifs is 2. The van der Waals surface area contributed by atoms with Crippen LogP contribution in [-0.2, 0) is 0 Å². The molecule has 0 saturated heterocycles. The van der Waals surface area contributed by atoms with E-state index in [4.69, 9.17) is 4.74 Å². The zero-order valence-corrected chi connectivity index (χ0v) is 10.1. The molecule has 0 atom stereocenters. The van der Waals surface area contributed by atoms with Gasteiger partial charge in [0.2, 0.25) is 0 Å². The zero-order chi connectivity index (χ0) is 12.7. The number of para-hydroxylation sites is 1. The molecule has 3 heterocycles. The molecule has 1 aliphatic heterocycles. The third-order valence-electron chi connectivity index (χ3n) is 3.13. The molecule has 6 nitrogen and oxygen atoms in total. The first kappa shape index (κ1) is 10.3. The molecule has 0 bridgehead atoms. The van der Waals surface area contributed by atoms with Crippen LogP contribution in [0.5, 0.6) is 5.75 Å². The number of anilines is 1. The van der Waals surface area contributed by atoms with Gasteiger partial charge in [0.05, 0.1) is 17.4 Å². The highest BCUT2D eigenvalue weighted by Gasteiger charge is 2.18. The number of hydrogen-bond acceptors (Lipinski definition) is 5. The molecule has 3 aromatic rings. The summed E-state index contributed by atoms with van der Waals surface area (Å²) in [6, 6.07) is 5.98. The van der Waals surface area contributed by atoms with Crippen molar-refractivity contribution < 1.29 is 4.74 Å². The first-order valence-corrected chi connectivity index (χ1v) is 6.08. The maximum absolute atomic E-state index is 5.77. The van der Waals surface area contributed by atoms with Crippen molar-refractivity contribution in [3.63, 3.8) is 0 Å². The second-order valence-electron chi connectivity index (χ2n) is 4.29. The van der Waals surface area contributed by atoms with Crippen LogP contribution in [-0.4, -0.2) is 32.7 Å². The van der Waals surface area contributed by atoms with Gasteiger partial charge in [0.25, 0.3) is 0 Å². The Morgan fingerprint density at radius 3 is 3.26 bits per heavy atom. The fourth-order valence-electron chi connectivity index (χ4n) is 2.28. The van der Waals surface area contributed by atoms with E-state index in [0.717, 1.165) is 35.0 Å². The van der Waals surface area contributed by atoms with Crippen LogP contribution in [0.25, 0.3) is 17.0 Å². The molecule has 19 heavy (non-hydrogen) atoms. The summed E-state index contributed by atoms with van der Waals surface area (Å²) >= 11 is 0. The lowest BCUT2D eigenvalue weighted by atomic mass is 10.1. The van der Waals surface area contributed by atoms with Crippen LogP contribution >= 0.6 is 0 Å². The predicted octanol–water partition coefficient (Wildman–Crippen LogP) is 1.60. The van der Waals surface area contributed by atoms with Gasteiger partial charge < -0.3 is 10.1 Å². The lowest BCUT2D eigenvalue weighted by Gasteiger charge is -2.21. The molecule has 1 aromatic carbocycles. The molecule has 0 saturated carbocycles. The molecular formula is C13H11N5O. The van der Waals surface area contributed by atoms with Crippen molar-refractivity contribution in [3.8, 4) is 17.1 Å². The minimum Gasteiger partial charge on any atom is -0.489 e. The van der Waals surface area contributed by atoms with Crippen LogP contribution in [0.3, 0.4) is 0 Å². The summed E-state index contributed by atoms with van der Waals surface area (Å²) in [5, 5.41) is 11.7. The van der Waals surface area contributed by atoms with Gasteiger partial charge in [-0.15, -0.1) is 10.2 Å². The number of aromatic nitrogens is 4. The minimum atomic E-state index is 0.655. The van der Waals surface area contributed by atoms with E-state index in [9.17, 15) is 0 Å². The summed E-state index contributed by atoms with van der Waals surface area (Å²) in [5.74, 6) is 1.60. The van der Waals surface area contributed by atoms with Gasteiger partial charge in [-0.1, -0.05) is 6.07 Å². The first-order chi connectivity index (χ1) is 9.43. The number of nitrogens with zero attached hydrogens (tertiary/aromatic N) is 4. The third-order valence-corrected chi connectivity index (χ3v) is 3.13. The predicted molar refractivity (Wildman–Crippen MR) is 70.2 cm³/mol. The number of benzene rings is 1. The van der Waals surface area contributed by atoms with E-state index in [-0.39, 0.29) is 0 Å². The summed E-state index contributed by atoms with van der Waals surface area (Å²) in [4.78, 5) is 4.04. The molecular weight excluding hydrogens is 242 g/mol. The highest BCUT2D eigenvalue weighted by atomic mass is 16.5. The fraction of sp³-hybridized carbons (Fsp3) is 0.154. The average molecular weight is 253 g/mol. The van der Waals surface area contributed by atoms with E-state index >= 15 is 0 Å². The second-order valence-corrected chi connectivity index (χ2v) is 4.29. The van der Waals surface area contributed by atoms with E-state index in [0.29, 0.717) is 6.61 Å². The van der Waals surface area contributed by atoms with Crippen LogP contribution < -0.4 is 10.1 Å². The molecule has 0 amide bonds. The Kier molecular flexibility index (Phi) is 2.14. The lowest BCUT2D eigenvalue weighted by Crippen LogP contribution is -2.18. The van der Waals surface area contributed by atoms with E-state index in [1.54, 1.807) is 12.4 Å². The second kappa shape index (κ2) is 3.94. The zero-order valence-electron chi connectivity index (χ0n) is 10.1. The Morgan fingerprint density at radius 1 is 1.26 bits per heavy atom. The summed E-state index contributed by atoms with van der Waals surface area (Å²) in [6.45, 7) is 1.48. The van der Waals surface area contributed by atoms with E-state index in [2.05, 4.69) is 20.5 Å². The molecule has 4 rings (SSSR count). The maximum Gasteiger partial charge on any atom is 0.179 e. The van der Waals surface area contributed by atoms with Crippen molar-refractivity contribution in [2.45, 2.75) is 0 Å². The number of rotatable bonds is 1. The Balaban J connectivity index is 1.97. The van der Waals surface area contributed by atoms with Crippen molar-refractivity contribution in [2.75, 3.05) is 18.5 Å². The smallest absolute Gasteiger partial charge is 0.179 e. The number of ether oxygens (including phenoxy) is 1. The largest absolute Gasteiger partial charge is 0.489 e. The van der Waals surface area contributed by atoms with Gasteiger partial charge in [-0.3, -0.25) is 9.38 Å². The molecule has 0 fully saturated rings. The first-order valence-electron chi connectivity index (χ1n) is 6.08. The highest BCUT2D eigenvalue weighted by Crippen LogP contribution is 2.37. The third kappa shape index (κ3) is 1.53. The highest BCUT2D eigenvalue weighted by molar-refractivity contribution is 5.76. The Bertz CT molecular complexity index is 752. The molecule has 2 aromatic heterocycles. The van der Waals surface area contributed by atoms with Crippen molar-refractivity contribution in [2.24, 2.45) is 0 Å². The summed E-state index contributed by atoms with van der Waals surface area (Å²) in [6.07, 6.45) is 5.25. The van der Waals surface area contributed by atoms with Crippen molar-refractivity contribution in [1.82, 2.24) is 19.6 Å². The fourth-order valence-corrected chi connectivity index (χ4v) is 2.28. The number of hydrogen-bond donors (Lipinski definition) is 1. The minimum absolute atomic E-state index is 0.655. The van der Waals surface area contributed by atoms with Gasteiger partial charge in [0.15, 0.2) is 17.2 Å². The molecule has 6 heteroatoms. The molecule has 1 aliphatic rings. The topological polar surface area (TPSA) is 64.3 Å². The Morgan fingerprint density at radius 2 is 2.26 bits per heavy atom. The van der Waals surface area contributed by atoms with Gasteiger partial charge in [-0.25, -0.2) is 0 Å². The Labute approximate surface area is 109 Å².